The molecule has 0 heterocycles. The van der Waals surface area contributed by atoms with Gasteiger partial charge in [0, 0.05) is 5.92 Å². The van der Waals surface area contributed by atoms with Crippen molar-refractivity contribution in [1.29, 1.82) is 0 Å². The van der Waals surface area contributed by atoms with E-state index in [1.807, 2.05) is 13.8 Å². The Kier molecular flexibility index (Phi) is 5.19. The molecule has 0 spiro atoms. The zero-order chi connectivity index (χ0) is 18.5. The van der Waals surface area contributed by atoms with Crippen molar-refractivity contribution in [3.63, 3.8) is 0 Å². The van der Waals surface area contributed by atoms with Gasteiger partial charge >= 0.3 is 0 Å². The molecule has 0 aromatic carbocycles. The number of hydrogen-bond donors (Lipinski definition) is 0. The highest BCUT2D eigenvalue weighted by atomic mass is 16.1. The van der Waals surface area contributed by atoms with Crippen LogP contribution in [0.25, 0.3) is 0 Å². The van der Waals surface area contributed by atoms with Crippen LogP contribution in [0.4, 0.5) is 0 Å². The van der Waals surface area contributed by atoms with Crippen molar-refractivity contribution in [2.75, 3.05) is 0 Å². The van der Waals surface area contributed by atoms with E-state index in [9.17, 15) is 4.79 Å². The molecule has 4 aliphatic rings. The number of hydrogen-bond acceptors (Lipinski definition) is 1. The maximum absolute atomic E-state index is 11.6. The van der Waals surface area contributed by atoms with Gasteiger partial charge in [-0.3, -0.25) is 0 Å². The molecule has 1 heteroatoms. The van der Waals surface area contributed by atoms with E-state index < -0.39 is 0 Å². The first-order chi connectivity index (χ1) is 11.8. The van der Waals surface area contributed by atoms with Crippen LogP contribution in [0.1, 0.15) is 99.3 Å². The van der Waals surface area contributed by atoms with Gasteiger partial charge < -0.3 is 4.79 Å². The van der Waals surface area contributed by atoms with Crippen molar-refractivity contribution in [2.24, 2.45) is 45.8 Å². The van der Waals surface area contributed by atoms with E-state index >= 15 is 0 Å². The molecule has 0 amide bonds. The lowest BCUT2D eigenvalue weighted by molar-refractivity contribution is -0.133. The molecule has 4 rings (SSSR count). The van der Waals surface area contributed by atoms with Gasteiger partial charge in [-0.1, -0.05) is 41.5 Å². The highest BCUT2D eigenvalue weighted by molar-refractivity contribution is 5.56. The van der Waals surface area contributed by atoms with Gasteiger partial charge in [-0.2, -0.15) is 0 Å². The number of rotatable bonds is 1. The minimum absolute atomic E-state index is 0.333. The lowest BCUT2D eigenvalue weighted by Gasteiger charge is -2.62. The summed E-state index contributed by atoms with van der Waals surface area (Å²) in [5.41, 5.74) is 1.50. The second-order valence-corrected chi connectivity index (χ2v) is 10.9. The SMILES string of the molecule is CC.CC1(C)CC[C@@]2(C)C(CC[C@@H]3C2CC[C@]2(C)C(C=O)CCC32)C1. The Labute approximate surface area is 156 Å². The zero-order valence-corrected chi connectivity index (χ0v) is 17.7. The molecule has 0 N–H and O–H groups in total. The molecule has 4 saturated carbocycles. The number of carbonyl (C=O) groups excluding carboxylic acids is 1. The van der Waals surface area contributed by atoms with Crippen molar-refractivity contribution < 1.29 is 4.79 Å². The standard InChI is InChI=1S/C22H36O.C2H6/c1-20(2)11-12-22(4)15(13-20)5-7-17-18-8-6-16(14-23)21(18,3)10-9-19(17)22;1-2/h14-19H,5-13H2,1-4H3;1-2H3/t15?,16?,17-,18?,19?,21+,22-;/m0./s1. The van der Waals surface area contributed by atoms with Gasteiger partial charge in [-0.05, 0) is 97.7 Å². The van der Waals surface area contributed by atoms with Crippen LogP contribution < -0.4 is 0 Å². The summed E-state index contributed by atoms with van der Waals surface area (Å²) in [6, 6.07) is 0. The van der Waals surface area contributed by atoms with Crippen LogP contribution in [0.5, 0.6) is 0 Å². The van der Waals surface area contributed by atoms with Crippen LogP contribution in [-0.2, 0) is 4.79 Å². The van der Waals surface area contributed by atoms with Gasteiger partial charge in [-0.15, -0.1) is 0 Å². The third kappa shape index (κ3) is 2.92. The molecule has 4 fully saturated rings. The van der Waals surface area contributed by atoms with Crippen LogP contribution >= 0.6 is 0 Å². The van der Waals surface area contributed by atoms with Gasteiger partial charge in [0.05, 0.1) is 0 Å². The normalized spacial score (nSPS) is 50.6. The molecule has 7 atom stereocenters. The largest absolute Gasteiger partial charge is 0.303 e. The molecule has 1 nitrogen and oxygen atoms in total. The Bertz CT molecular complexity index is 494. The smallest absolute Gasteiger partial charge is 0.123 e. The van der Waals surface area contributed by atoms with Crippen molar-refractivity contribution in [1.82, 2.24) is 0 Å². The van der Waals surface area contributed by atoms with E-state index in [1.54, 1.807) is 0 Å². The van der Waals surface area contributed by atoms with E-state index in [-0.39, 0.29) is 0 Å². The van der Waals surface area contributed by atoms with E-state index in [1.165, 1.54) is 64.1 Å². The van der Waals surface area contributed by atoms with Crippen molar-refractivity contribution >= 4 is 6.29 Å². The summed E-state index contributed by atoms with van der Waals surface area (Å²) in [6.45, 7) is 14.1. The second-order valence-electron chi connectivity index (χ2n) is 10.9. The third-order valence-corrected chi connectivity index (χ3v) is 9.44. The fourth-order valence-electron chi connectivity index (χ4n) is 7.90. The van der Waals surface area contributed by atoms with Crippen LogP contribution in [0.3, 0.4) is 0 Å². The average molecular weight is 347 g/mol. The van der Waals surface area contributed by atoms with Gasteiger partial charge in [0.1, 0.15) is 6.29 Å². The molecular weight excluding hydrogens is 304 g/mol. The molecule has 4 unspecified atom stereocenters. The summed E-state index contributed by atoms with van der Waals surface area (Å²) >= 11 is 0. The van der Waals surface area contributed by atoms with Crippen molar-refractivity contribution in [3.05, 3.63) is 0 Å². The lowest BCUT2D eigenvalue weighted by Crippen LogP contribution is -2.54. The maximum Gasteiger partial charge on any atom is 0.123 e. The summed E-state index contributed by atoms with van der Waals surface area (Å²) in [5, 5.41) is 0. The minimum Gasteiger partial charge on any atom is -0.303 e. The van der Waals surface area contributed by atoms with E-state index in [0.717, 1.165) is 23.7 Å². The zero-order valence-electron chi connectivity index (χ0n) is 17.7. The predicted octanol–water partition coefficient (Wildman–Crippen LogP) is 6.90. The summed E-state index contributed by atoms with van der Waals surface area (Å²) in [5.74, 6) is 4.01. The molecule has 0 aromatic heterocycles. The first kappa shape index (κ1) is 19.4. The molecule has 4 aliphatic carbocycles. The minimum atomic E-state index is 0.333. The third-order valence-electron chi connectivity index (χ3n) is 9.44. The van der Waals surface area contributed by atoms with Crippen molar-refractivity contribution in [2.45, 2.75) is 99.3 Å². The Hall–Kier alpha value is -0.330. The Morgan fingerprint density at radius 3 is 2.12 bits per heavy atom. The fraction of sp³-hybridized carbons (Fsp3) is 0.958. The molecule has 0 aromatic rings. The Morgan fingerprint density at radius 2 is 1.44 bits per heavy atom. The first-order valence-corrected chi connectivity index (χ1v) is 11.3. The van der Waals surface area contributed by atoms with Gasteiger partial charge in [-0.25, -0.2) is 0 Å². The van der Waals surface area contributed by atoms with Crippen LogP contribution in [-0.4, -0.2) is 6.29 Å². The van der Waals surface area contributed by atoms with E-state index in [2.05, 4.69) is 27.7 Å². The first-order valence-electron chi connectivity index (χ1n) is 11.3. The lowest BCUT2D eigenvalue weighted by atomic mass is 9.43. The van der Waals surface area contributed by atoms with Gasteiger partial charge in [0.25, 0.3) is 0 Å². The number of carbonyl (C=O) groups is 1. The molecule has 144 valence electrons. The van der Waals surface area contributed by atoms with Gasteiger partial charge in [0.15, 0.2) is 0 Å². The fourth-order valence-corrected chi connectivity index (χ4v) is 7.90. The summed E-state index contributed by atoms with van der Waals surface area (Å²) in [7, 11) is 0. The Balaban J connectivity index is 0.000000880. The van der Waals surface area contributed by atoms with E-state index in [4.69, 9.17) is 0 Å². The van der Waals surface area contributed by atoms with Crippen LogP contribution in [0.15, 0.2) is 0 Å². The quantitative estimate of drug-likeness (QED) is 0.472. The predicted molar refractivity (Wildman–Crippen MR) is 106 cm³/mol. The van der Waals surface area contributed by atoms with Crippen LogP contribution in [0.2, 0.25) is 0 Å². The topological polar surface area (TPSA) is 17.1 Å². The monoisotopic (exact) mass is 346 g/mol. The van der Waals surface area contributed by atoms with E-state index in [0.29, 0.717) is 22.2 Å². The highest BCUT2D eigenvalue weighted by Gasteiger charge is 2.60. The molecule has 25 heavy (non-hydrogen) atoms. The summed E-state index contributed by atoms with van der Waals surface area (Å²) in [6.07, 6.45) is 13.7. The average Bonchev–Trinajstić information content (AvgIpc) is 2.93. The molecule has 0 saturated heterocycles. The second kappa shape index (κ2) is 6.68. The summed E-state index contributed by atoms with van der Waals surface area (Å²) < 4.78 is 0. The molecule has 0 bridgehead atoms. The van der Waals surface area contributed by atoms with Crippen molar-refractivity contribution in [3.8, 4) is 0 Å². The number of fused-ring (bicyclic) bond motifs is 5. The molecule has 0 radical (unpaired) electrons. The van der Waals surface area contributed by atoms with Crippen LogP contribution in [0, 0.1) is 45.8 Å². The summed E-state index contributed by atoms with van der Waals surface area (Å²) in [4.78, 5) is 11.6. The molecular formula is C24H42O. The Morgan fingerprint density at radius 1 is 0.760 bits per heavy atom. The van der Waals surface area contributed by atoms with Gasteiger partial charge in [0.2, 0.25) is 0 Å². The number of aldehydes is 1. The maximum atomic E-state index is 11.6. The molecule has 0 aliphatic heterocycles. The highest BCUT2D eigenvalue weighted by Crippen LogP contribution is 2.68.